The minimum absolute atomic E-state index is 0.0133. The molecule has 2 fully saturated rings. The largest absolute Gasteiger partial charge is 0.372 e. The summed E-state index contributed by atoms with van der Waals surface area (Å²) in [6.45, 7) is 15.4. The molecule has 0 aromatic rings. The maximum Gasteiger partial charge on any atom is 0.181 e. The summed E-state index contributed by atoms with van der Waals surface area (Å²) in [6, 6.07) is -0.0867. The normalized spacial score (nSPS) is 50.9. The average molecular weight is 360 g/mol. The third-order valence-electron chi connectivity index (χ3n) is 6.62. The molecule has 2 rings (SSSR count). The first-order chi connectivity index (χ1) is 11.8. The van der Waals surface area contributed by atoms with Gasteiger partial charge in [-0.15, -0.1) is 0 Å². The van der Waals surface area contributed by atoms with Gasteiger partial charge in [-0.05, 0) is 52.4 Å². The summed E-state index contributed by atoms with van der Waals surface area (Å²) in [5.74, 6) is 1.61. The zero-order chi connectivity index (χ0) is 18.7. The summed E-state index contributed by atoms with van der Waals surface area (Å²) >= 11 is 0. The van der Waals surface area contributed by atoms with Gasteiger partial charge < -0.3 is 14.2 Å². The van der Waals surface area contributed by atoms with Gasteiger partial charge in [-0.1, -0.05) is 41.5 Å². The van der Waals surface area contributed by atoms with E-state index in [9.17, 15) is 0 Å². The van der Waals surface area contributed by atoms with Gasteiger partial charge in [0.15, 0.2) is 6.29 Å². The van der Waals surface area contributed by atoms with Gasteiger partial charge >= 0.3 is 0 Å². The zero-order valence-corrected chi connectivity index (χ0v) is 17.2. The third-order valence-corrected chi connectivity index (χ3v) is 6.88. The molecular formula is C19H36NO3P. The predicted molar refractivity (Wildman–Crippen MR) is 99.6 cm³/mol. The van der Waals surface area contributed by atoms with Crippen molar-refractivity contribution in [2.75, 3.05) is 0 Å². The highest BCUT2D eigenvalue weighted by atomic mass is 31.0. The standard InChI is InChI=1S/C19H36NO3P/c1-8-15-11(4)12(5)17(20-24)19(22-15)23-18-13(6)10(3)14(7)21-16(18)9-2/h10-19,24H,8-9H2,1-7H3/t10?,11-,12-,13+,14-,15?,16?,17?,18-,19-/m0/s1. The second-order valence-electron chi connectivity index (χ2n) is 7.88. The molecule has 0 spiro atoms. The van der Waals surface area contributed by atoms with Gasteiger partial charge in [-0.2, -0.15) is 0 Å². The van der Waals surface area contributed by atoms with Crippen LogP contribution in [0, 0.1) is 23.7 Å². The third kappa shape index (κ3) is 3.87. The maximum atomic E-state index is 7.54. The Labute approximate surface area is 151 Å². The van der Waals surface area contributed by atoms with Crippen LogP contribution in [0.1, 0.15) is 61.3 Å². The van der Waals surface area contributed by atoms with Gasteiger partial charge in [-0.3, -0.25) is 4.74 Å². The monoisotopic (exact) mass is 360 g/mol. The fraction of sp³-hybridized carbons (Fsp3) is 1.00. The molecule has 5 heteroatoms. The molecule has 0 aromatic heterocycles. The van der Waals surface area contributed by atoms with E-state index in [1.165, 1.54) is 0 Å². The van der Waals surface area contributed by atoms with Gasteiger partial charge in [0.1, 0.15) is 7.32 Å². The quantitative estimate of drug-likeness (QED) is 0.652. The van der Waals surface area contributed by atoms with Crippen LogP contribution in [0.4, 0.5) is 0 Å². The Balaban J connectivity index is 2.21. The van der Waals surface area contributed by atoms with E-state index in [2.05, 4.69) is 53.2 Å². The van der Waals surface area contributed by atoms with Crippen molar-refractivity contribution < 1.29 is 14.2 Å². The van der Waals surface area contributed by atoms with Gasteiger partial charge in [0.25, 0.3) is 0 Å². The smallest absolute Gasteiger partial charge is 0.181 e. The molecule has 0 bridgehead atoms. The van der Waals surface area contributed by atoms with E-state index < -0.39 is 0 Å². The van der Waals surface area contributed by atoms with Crippen LogP contribution < -0.4 is 0 Å². The first kappa shape index (κ1) is 18.8. The lowest BCUT2D eigenvalue weighted by Crippen LogP contribution is -2.55. The molecule has 2 saturated heterocycles. The van der Waals surface area contributed by atoms with E-state index in [-0.39, 0.29) is 36.7 Å². The van der Waals surface area contributed by atoms with Crippen molar-refractivity contribution in [3.8, 4) is 0 Å². The van der Waals surface area contributed by atoms with Gasteiger partial charge in [-0.25, -0.2) is 0 Å². The molecule has 10 atom stereocenters. The van der Waals surface area contributed by atoms with Crippen LogP contribution in [0.25, 0.3) is 0 Å². The van der Waals surface area contributed by atoms with Crippen molar-refractivity contribution in [1.29, 1.82) is 1.28 Å². The highest BCUT2D eigenvalue weighted by Gasteiger charge is 2.46. The zero-order valence-electron chi connectivity index (χ0n) is 17.3. The van der Waals surface area contributed by atoms with Crippen molar-refractivity contribution >= 4 is 8.98 Å². The highest BCUT2D eigenvalue weighted by molar-refractivity contribution is 7.04. The van der Waals surface area contributed by atoms with E-state index in [0.717, 1.165) is 12.8 Å². The van der Waals surface area contributed by atoms with Crippen LogP contribution in [0.5, 0.6) is 0 Å². The summed E-state index contributed by atoms with van der Waals surface area (Å²) in [7, 11) is 0.299. The summed E-state index contributed by atoms with van der Waals surface area (Å²) < 4.78 is 31.1. The molecule has 2 heterocycles. The Morgan fingerprint density at radius 1 is 0.917 bits per heavy atom. The van der Waals surface area contributed by atoms with Gasteiger partial charge in [0, 0.05) is 0 Å². The number of hydrogen-bond donors (Lipinski definition) is 0. The molecule has 0 aliphatic carbocycles. The minimum atomic E-state index is -0.375. The van der Waals surface area contributed by atoms with Crippen LogP contribution in [0.15, 0.2) is 4.74 Å². The SMILES string of the molecule is [4H]/P=N\C1[C@H](O[C@@H]2C(CC)O[C@@H](C)C(C)[C@H]2C)OC(CC)[C@@H](C)[C@@H]1C. The number of nitrogens with zero attached hydrogens (tertiary/aromatic N) is 1. The van der Waals surface area contributed by atoms with Gasteiger partial charge in [0.05, 0.1) is 24.4 Å². The van der Waals surface area contributed by atoms with Gasteiger partial charge in [0.2, 0.25) is 0 Å². The molecule has 2 aliphatic heterocycles. The summed E-state index contributed by atoms with van der Waals surface area (Å²) in [4.78, 5) is 0. The molecule has 140 valence electrons. The molecule has 0 N–H and O–H groups in total. The summed E-state index contributed by atoms with van der Waals surface area (Å²) in [6.07, 6.45) is 2.07. The predicted octanol–water partition coefficient (Wildman–Crippen LogP) is 4.94. The first-order valence-corrected chi connectivity index (χ1v) is 10.1. The van der Waals surface area contributed by atoms with Crippen LogP contribution in [-0.2, 0) is 14.2 Å². The molecule has 0 saturated carbocycles. The molecule has 24 heavy (non-hydrogen) atoms. The van der Waals surface area contributed by atoms with E-state index >= 15 is 0 Å². The molecule has 0 amide bonds. The fourth-order valence-corrected chi connectivity index (χ4v) is 4.57. The number of ether oxygens (including phenoxy) is 3. The average Bonchev–Trinajstić information content (AvgIpc) is 2.60. The summed E-state index contributed by atoms with van der Waals surface area (Å²) in [5, 5.41) is 0. The second kappa shape index (κ2) is 8.58. The molecule has 4 unspecified atom stereocenters. The lowest BCUT2D eigenvalue weighted by molar-refractivity contribution is -0.287. The Morgan fingerprint density at radius 2 is 1.58 bits per heavy atom. The maximum absolute atomic E-state index is 7.54. The van der Waals surface area contributed by atoms with E-state index in [0.29, 0.717) is 32.6 Å². The Kier molecular flexibility index (Phi) is 6.70. The second-order valence-corrected chi connectivity index (χ2v) is 8.11. The highest BCUT2D eigenvalue weighted by Crippen LogP contribution is 2.39. The van der Waals surface area contributed by atoms with Crippen molar-refractivity contribution in [3.05, 3.63) is 0 Å². The van der Waals surface area contributed by atoms with Crippen molar-refractivity contribution in [3.63, 3.8) is 0 Å². The Hall–Kier alpha value is -0.0200. The molecule has 2 aliphatic rings. The first-order valence-electron chi connectivity index (χ1n) is 10.1. The van der Waals surface area contributed by atoms with E-state index in [4.69, 9.17) is 15.5 Å². The molecule has 4 nitrogen and oxygen atoms in total. The van der Waals surface area contributed by atoms with Crippen molar-refractivity contribution in [2.24, 2.45) is 28.4 Å². The number of hydrogen-bond acceptors (Lipinski definition) is 4. The lowest BCUT2D eigenvalue weighted by atomic mass is 9.80. The van der Waals surface area contributed by atoms with Crippen molar-refractivity contribution in [1.82, 2.24) is 0 Å². The van der Waals surface area contributed by atoms with Crippen molar-refractivity contribution in [2.45, 2.75) is 98.1 Å². The molecule has 0 aromatic carbocycles. The lowest BCUT2D eigenvalue weighted by Gasteiger charge is -2.48. The van der Waals surface area contributed by atoms with Crippen LogP contribution >= 0.6 is 8.98 Å². The Bertz CT molecular complexity index is 450. The fourth-order valence-electron chi connectivity index (χ4n) is 4.25. The van der Waals surface area contributed by atoms with Crippen LogP contribution in [0.3, 0.4) is 0 Å². The topological polar surface area (TPSA) is 40.0 Å². The van der Waals surface area contributed by atoms with Crippen LogP contribution in [0.2, 0.25) is 0 Å². The van der Waals surface area contributed by atoms with Crippen LogP contribution in [-0.4, -0.2) is 38.0 Å². The summed E-state index contributed by atoms with van der Waals surface area (Å²) in [5.41, 5.74) is 0. The van der Waals surface area contributed by atoms with E-state index in [1.807, 2.05) is 0 Å². The van der Waals surface area contributed by atoms with E-state index in [1.54, 1.807) is 0 Å². The minimum Gasteiger partial charge on any atom is -0.372 e. The Morgan fingerprint density at radius 3 is 2.17 bits per heavy atom. The molecule has 0 radical (unpaired) electrons. The molecular weight excluding hydrogens is 321 g/mol. The number of rotatable bonds is 5.